The highest BCUT2D eigenvalue weighted by Crippen LogP contribution is 2.32. The number of hydrogen-bond acceptors (Lipinski definition) is 3. The fourth-order valence-corrected chi connectivity index (χ4v) is 3.28. The number of ether oxygens (including phenoxy) is 1. The van der Waals surface area contributed by atoms with E-state index in [4.69, 9.17) is 4.74 Å². The maximum atomic E-state index is 12.7. The second-order valence-electron chi connectivity index (χ2n) is 6.26. The van der Waals surface area contributed by atoms with E-state index in [9.17, 15) is 9.59 Å². The Kier molecular flexibility index (Phi) is 4.42. The van der Waals surface area contributed by atoms with Crippen LogP contribution < -0.4 is 15.5 Å². The van der Waals surface area contributed by atoms with Crippen molar-refractivity contribution in [3.8, 4) is 5.75 Å². The van der Waals surface area contributed by atoms with Gasteiger partial charge >= 0.3 is 0 Å². The first-order valence-corrected chi connectivity index (χ1v) is 8.15. The van der Waals surface area contributed by atoms with Gasteiger partial charge in [-0.25, -0.2) is 0 Å². The predicted molar refractivity (Wildman–Crippen MR) is 92.6 cm³/mol. The second-order valence-corrected chi connectivity index (χ2v) is 6.26. The van der Waals surface area contributed by atoms with Crippen molar-refractivity contribution in [1.82, 2.24) is 9.88 Å². The minimum absolute atomic E-state index is 0.0391. The zero-order valence-electron chi connectivity index (χ0n) is 14.3. The topological polar surface area (TPSA) is 60.3 Å². The molecule has 0 bridgehead atoms. The monoisotopic (exact) mass is 326 g/mol. The third-order valence-electron chi connectivity index (χ3n) is 4.72. The lowest BCUT2D eigenvalue weighted by molar-refractivity contribution is 0.0923. The molecule has 1 aromatic heterocycles. The molecule has 24 heavy (non-hydrogen) atoms. The number of carbonyl (C=O) groups excluding carboxylic acids is 1. The summed E-state index contributed by atoms with van der Waals surface area (Å²) in [6, 6.07) is 8.86. The fourth-order valence-electron chi connectivity index (χ4n) is 3.28. The molecule has 5 nitrogen and oxygen atoms in total. The lowest BCUT2D eigenvalue weighted by Crippen LogP contribution is -2.33. The molecule has 1 atom stereocenters. The molecular formula is C19H22N2O3. The molecule has 0 saturated carbocycles. The highest BCUT2D eigenvalue weighted by Gasteiger charge is 2.23. The number of benzene rings is 1. The number of pyridine rings is 1. The molecule has 1 amide bonds. The summed E-state index contributed by atoms with van der Waals surface area (Å²) in [5, 5.41) is 3.08. The third-order valence-corrected chi connectivity index (χ3v) is 4.72. The van der Waals surface area contributed by atoms with E-state index in [1.807, 2.05) is 25.1 Å². The van der Waals surface area contributed by atoms with Gasteiger partial charge in [-0.15, -0.1) is 0 Å². The SMILES string of the molecule is COc1ccc2c(c1)CCC[C@H]2NC(=O)c1cc(=O)cc(C)n1C. The molecule has 0 spiro atoms. The summed E-state index contributed by atoms with van der Waals surface area (Å²) in [5.74, 6) is 0.619. The minimum atomic E-state index is -0.216. The first-order valence-electron chi connectivity index (χ1n) is 8.15. The minimum Gasteiger partial charge on any atom is -0.497 e. The molecule has 1 aliphatic rings. The summed E-state index contributed by atoms with van der Waals surface area (Å²) in [5.41, 5.74) is 3.35. The van der Waals surface area contributed by atoms with Crippen LogP contribution >= 0.6 is 0 Å². The van der Waals surface area contributed by atoms with Crippen molar-refractivity contribution < 1.29 is 9.53 Å². The highest BCUT2D eigenvalue weighted by molar-refractivity contribution is 5.93. The molecule has 1 aliphatic carbocycles. The zero-order valence-corrected chi connectivity index (χ0v) is 14.3. The van der Waals surface area contributed by atoms with Crippen molar-refractivity contribution in [1.29, 1.82) is 0 Å². The normalized spacial score (nSPS) is 16.4. The van der Waals surface area contributed by atoms with Gasteiger partial charge < -0.3 is 14.6 Å². The number of carbonyl (C=O) groups is 1. The number of methoxy groups -OCH3 is 1. The average molecular weight is 326 g/mol. The smallest absolute Gasteiger partial charge is 0.268 e. The van der Waals surface area contributed by atoms with Gasteiger partial charge in [0.15, 0.2) is 5.43 Å². The second kappa shape index (κ2) is 6.51. The number of fused-ring (bicyclic) bond motifs is 1. The highest BCUT2D eigenvalue weighted by atomic mass is 16.5. The van der Waals surface area contributed by atoms with Gasteiger partial charge in [0.2, 0.25) is 0 Å². The molecule has 0 aliphatic heterocycles. The van der Waals surface area contributed by atoms with Gasteiger partial charge in [0.05, 0.1) is 13.2 Å². The van der Waals surface area contributed by atoms with Crippen molar-refractivity contribution in [2.75, 3.05) is 7.11 Å². The van der Waals surface area contributed by atoms with Crippen LogP contribution in [0.2, 0.25) is 0 Å². The Morgan fingerprint density at radius 3 is 2.83 bits per heavy atom. The van der Waals surface area contributed by atoms with Gasteiger partial charge in [-0.1, -0.05) is 6.07 Å². The quantitative estimate of drug-likeness (QED) is 0.943. The molecule has 3 rings (SSSR count). The molecule has 126 valence electrons. The molecule has 5 heteroatoms. The van der Waals surface area contributed by atoms with Gasteiger partial charge in [0.1, 0.15) is 11.4 Å². The van der Waals surface area contributed by atoms with E-state index in [1.165, 1.54) is 17.7 Å². The van der Waals surface area contributed by atoms with Crippen molar-refractivity contribution >= 4 is 5.91 Å². The third kappa shape index (κ3) is 3.07. The summed E-state index contributed by atoms with van der Waals surface area (Å²) in [6.07, 6.45) is 2.89. The van der Waals surface area contributed by atoms with Crippen LogP contribution in [0.3, 0.4) is 0 Å². The van der Waals surface area contributed by atoms with Crippen molar-refractivity contribution in [2.24, 2.45) is 7.05 Å². The Labute approximate surface area is 141 Å². The van der Waals surface area contributed by atoms with Crippen LogP contribution in [0.25, 0.3) is 0 Å². The zero-order chi connectivity index (χ0) is 17.3. The van der Waals surface area contributed by atoms with E-state index in [1.54, 1.807) is 18.7 Å². The van der Waals surface area contributed by atoms with Gasteiger partial charge in [0.25, 0.3) is 5.91 Å². The van der Waals surface area contributed by atoms with Crippen LogP contribution in [-0.4, -0.2) is 17.6 Å². The molecular weight excluding hydrogens is 304 g/mol. The largest absolute Gasteiger partial charge is 0.497 e. The van der Waals surface area contributed by atoms with Crippen LogP contribution in [0.1, 0.15) is 46.2 Å². The Bertz CT molecular complexity index is 839. The number of aryl methyl sites for hydroxylation is 2. The van der Waals surface area contributed by atoms with Crippen LogP contribution in [0.5, 0.6) is 5.75 Å². The number of hydrogen-bond donors (Lipinski definition) is 1. The number of aromatic nitrogens is 1. The first kappa shape index (κ1) is 16.3. The van der Waals surface area contributed by atoms with Crippen LogP contribution in [0, 0.1) is 6.92 Å². The summed E-state index contributed by atoms with van der Waals surface area (Å²) in [7, 11) is 3.45. The van der Waals surface area contributed by atoms with E-state index in [-0.39, 0.29) is 17.4 Å². The van der Waals surface area contributed by atoms with Crippen LogP contribution in [0.15, 0.2) is 35.1 Å². The Hall–Kier alpha value is -2.56. The van der Waals surface area contributed by atoms with E-state index < -0.39 is 0 Å². The van der Waals surface area contributed by atoms with Crippen LogP contribution in [-0.2, 0) is 13.5 Å². The molecule has 1 N–H and O–H groups in total. The number of amides is 1. The lowest BCUT2D eigenvalue weighted by Gasteiger charge is -2.27. The molecule has 0 unspecified atom stereocenters. The predicted octanol–water partition coefficient (Wildman–Crippen LogP) is 2.51. The van der Waals surface area contributed by atoms with Crippen molar-refractivity contribution in [3.63, 3.8) is 0 Å². The summed E-state index contributed by atoms with van der Waals surface area (Å²) < 4.78 is 7.03. The number of nitrogens with one attached hydrogen (secondary N) is 1. The first-order chi connectivity index (χ1) is 11.5. The van der Waals surface area contributed by atoms with Gasteiger partial charge in [-0.05, 0) is 49.4 Å². The van der Waals surface area contributed by atoms with Gasteiger partial charge in [0, 0.05) is 24.9 Å². The van der Waals surface area contributed by atoms with Crippen molar-refractivity contribution in [2.45, 2.75) is 32.2 Å². The maximum Gasteiger partial charge on any atom is 0.268 e. The van der Waals surface area contributed by atoms with E-state index in [0.717, 1.165) is 36.3 Å². The Morgan fingerprint density at radius 2 is 2.08 bits per heavy atom. The summed E-state index contributed by atoms with van der Waals surface area (Å²) in [6.45, 7) is 1.82. The van der Waals surface area contributed by atoms with E-state index in [0.29, 0.717) is 5.69 Å². The molecule has 0 fully saturated rings. The van der Waals surface area contributed by atoms with Gasteiger partial charge in [-0.2, -0.15) is 0 Å². The standard InChI is InChI=1S/C19H22N2O3/c1-12-9-14(22)11-18(21(12)2)19(23)20-17-6-4-5-13-10-15(24-3)7-8-16(13)17/h7-11,17H,4-6H2,1-3H3,(H,20,23)/t17-/m1/s1. The van der Waals surface area contributed by atoms with Gasteiger partial charge in [-0.3, -0.25) is 9.59 Å². The average Bonchev–Trinajstić information content (AvgIpc) is 2.57. The fraction of sp³-hybridized carbons (Fsp3) is 0.368. The number of nitrogens with zero attached hydrogens (tertiary/aromatic N) is 1. The molecule has 0 radical (unpaired) electrons. The maximum absolute atomic E-state index is 12.7. The number of rotatable bonds is 3. The Morgan fingerprint density at radius 1 is 1.29 bits per heavy atom. The summed E-state index contributed by atoms with van der Waals surface area (Å²) in [4.78, 5) is 24.4. The van der Waals surface area contributed by atoms with E-state index >= 15 is 0 Å². The molecule has 2 aromatic rings. The summed E-state index contributed by atoms with van der Waals surface area (Å²) >= 11 is 0. The van der Waals surface area contributed by atoms with Crippen LogP contribution in [0.4, 0.5) is 0 Å². The van der Waals surface area contributed by atoms with E-state index in [2.05, 4.69) is 5.32 Å². The Balaban J connectivity index is 1.88. The lowest BCUT2D eigenvalue weighted by atomic mass is 9.87. The molecule has 1 aromatic carbocycles. The molecule has 0 saturated heterocycles. The van der Waals surface area contributed by atoms with Crippen molar-refractivity contribution in [3.05, 3.63) is 63.1 Å². The molecule has 1 heterocycles.